The van der Waals surface area contributed by atoms with Gasteiger partial charge in [0.1, 0.15) is 54.9 Å². The smallest absolute Gasteiger partial charge is 0.306 e. The Hall–Kier alpha value is -1.01. The zero-order valence-corrected chi connectivity index (χ0v) is 41.0. The van der Waals surface area contributed by atoms with Gasteiger partial charge in [-0.25, -0.2) is 0 Å². The SMILES string of the molecule is CCCCCCCCCCCCCCCCCCCCOCC(COC1OC(COC2OC(CO)C(O)C(O)C2O)C(O)C(O)C1O)OC(=O)CCCCCCCCCCCCCCC. The molecule has 2 saturated heterocycles. The lowest BCUT2D eigenvalue weighted by Gasteiger charge is -2.42. The Labute approximate surface area is 393 Å². The second kappa shape index (κ2) is 39.8. The van der Waals surface area contributed by atoms with Crippen LogP contribution in [-0.4, -0.2) is 142 Å². The molecule has 7 N–H and O–H groups in total. The van der Waals surface area contributed by atoms with Crippen molar-refractivity contribution in [2.75, 3.05) is 33.0 Å². The summed E-state index contributed by atoms with van der Waals surface area (Å²) in [7, 11) is 0. The highest BCUT2D eigenvalue weighted by Crippen LogP contribution is 2.27. The van der Waals surface area contributed by atoms with Crippen molar-refractivity contribution in [3.05, 3.63) is 0 Å². The summed E-state index contributed by atoms with van der Waals surface area (Å²) in [5.41, 5.74) is 0. The lowest BCUT2D eigenvalue weighted by atomic mass is 9.98. The zero-order chi connectivity index (χ0) is 47.3. The van der Waals surface area contributed by atoms with Crippen molar-refractivity contribution in [3.63, 3.8) is 0 Å². The van der Waals surface area contributed by atoms with Crippen molar-refractivity contribution in [2.45, 2.75) is 287 Å². The van der Waals surface area contributed by atoms with E-state index in [1.54, 1.807) is 0 Å². The second-order valence-corrected chi connectivity index (χ2v) is 19.1. The molecule has 2 aliphatic heterocycles. The van der Waals surface area contributed by atoms with Crippen LogP contribution >= 0.6 is 0 Å². The van der Waals surface area contributed by atoms with Crippen LogP contribution in [0.4, 0.5) is 0 Å². The minimum absolute atomic E-state index is 0.0704. The topological polar surface area (TPSA) is 214 Å². The van der Waals surface area contributed by atoms with Gasteiger partial charge >= 0.3 is 5.97 Å². The van der Waals surface area contributed by atoms with E-state index in [4.69, 9.17) is 28.4 Å². The largest absolute Gasteiger partial charge is 0.457 e. The molecule has 11 atom stereocenters. The standard InChI is InChI=1S/C51H98O14/c1-3-5-7-9-11-13-15-17-18-19-20-21-23-25-27-29-31-33-35-60-37-40(63-43(53)34-32-30-28-26-24-22-16-14-12-10-8-6-4-2)38-61-50-49(59)47(57)45(55)42(65-50)39-62-51-48(58)46(56)44(54)41(36-52)64-51/h40-42,44-52,54-59H,3-39H2,1-2H3. The van der Waals surface area contributed by atoms with Gasteiger partial charge in [0, 0.05) is 13.0 Å². The Morgan fingerprint density at radius 3 is 1.25 bits per heavy atom. The van der Waals surface area contributed by atoms with Crippen LogP contribution < -0.4 is 0 Å². The number of ether oxygens (including phenoxy) is 6. The van der Waals surface area contributed by atoms with E-state index in [0.717, 1.165) is 38.5 Å². The van der Waals surface area contributed by atoms with Crippen LogP contribution in [0.2, 0.25) is 0 Å². The minimum atomic E-state index is -1.70. The summed E-state index contributed by atoms with van der Waals surface area (Å²) in [5, 5.41) is 72.1. The van der Waals surface area contributed by atoms with Crippen LogP contribution in [0.5, 0.6) is 0 Å². The molecule has 0 amide bonds. The third-order valence-electron chi connectivity index (χ3n) is 13.1. The summed E-state index contributed by atoms with van der Waals surface area (Å²) in [5.74, 6) is -0.371. The Morgan fingerprint density at radius 1 is 0.446 bits per heavy atom. The number of hydrogen-bond acceptors (Lipinski definition) is 14. The van der Waals surface area contributed by atoms with E-state index in [-0.39, 0.29) is 25.6 Å². The Bertz CT molecular complexity index is 1090. The average Bonchev–Trinajstić information content (AvgIpc) is 3.30. The monoisotopic (exact) mass is 935 g/mol. The Morgan fingerprint density at radius 2 is 0.815 bits per heavy atom. The minimum Gasteiger partial charge on any atom is -0.457 e. The molecule has 0 aromatic heterocycles. The fourth-order valence-corrected chi connectivity index (χ4v) is 8.76. The fourth-order valence-electron chi connectivity index (χ4n) is 8.76. The first-order valence-corrected chi connectivity index (χ1v) is 26.6. The van der Waals surface area contributed by atoms with Crippen molar-refractivity contribution in [2.24, 2.45) is 0 Å². The molecule has 14 nitrogen and oxygen atoms in total. The maximum atomic E-state index is 13.0. The molecule has 0 aromatic rings. The van der Waals surface area contributed by atoms with Crippen molar-refractivity contribution >= 4 is 5.97 Å². The van der Waals surface area contributed by atoms with Gasteiger partial charge in [-0.2, -0.15) is 0 Å². The van der Waals surface area contributed by atoms with Crippen molar-refractivity contribution in [1.82, 2.24) is 0 Å². The second-order valence-electron chi connectivity index (χ2n) is 19.1. The molecule has 14 heteroatoms. The van der Waals surface area contributed by atoms with Crippen LogP contribution in [0.15, 0.2) is 0 Å². The zero-order valence-electron chi connectivity index (χ0n) is 41.0. The molecule has 0 spiro atoms. The molecule has 0 aliphatic carbocycles. The fraction of sp³-hybridized carbons (Fsp3) is 0.980. The van der Waals surface area contributed by atoms with Crippen LogP contribution in [0.3, 0.4) is 0 Å². The predicted octanol–water partition coefficient (Wildman–Crippen LogP) is 8.08. The van der Waals surface area contributed by atoms with E-state index >= 15 is 0 Å². The number of esters is 1. The van der Waals surface area contributed by atoms with Gasteiger partial charge in [0.2, 0.25) is 0 Å². The van der Waals surface area contributed by atoms with Gasteiger partial charge < -0.3 is 64.2 Å². The van der Waals surface area contributed by atoms with E-state index in [2.05, 4.69) is 13.8 Å². The molecule has 2 rings (SSSR count). The van der Waals surface area contributed by atoms with Crippen molar-refractivity contribution < 1.29 is 69.0 Å². The first-order valence-electron chi connectivity index (χ1n) is 26.6. The average molecular weight is 935 g/mol. The third kappa shape index (κ3) is 27.7. The van der Waals surface area contributed by atoms with Gasteiger partial charge in [0.05, 0.1) is 26.4 Å². The summed E-state index contributed by atoms with van der Waals surface area (Å²) >= 11 is 0. The van der Waals surface area contributed by atoms with Crippen LogP contribution in [0.1, 0.15) is 219 Å². The Kier molecular flexibility index (Phi) is 36.8. The number of hydrogen-bond donors (Lipinski definition) is 7. The molecule has 0 saturated carbocycles. The molecular weight excluding hydrogens is 837 g/mol. The normalized spacial score (nSPS) is 26.4. The van der Waals surface area contributed by atoms with Crippen molar-refractivity contribution in [1.29, 1.82) is 0 Å². The first-order chi connectivity index (χ1) is 31.6. The van der Waals surface area contributed by atoms with Crippen LogP contribution in [0.25, 0.3) is 0 Å². The van der Waals surface area contributed by atoms with Gasteiger partial charge in [0.15, 0.2) is 12.6 Å². The molecule has 11 unspecified atom stereocenters. The molecule has 386 valence electrons. The molecule has 0 radical (unpaired) electrons. The first kappa shape index (κ1) is 60.1. The van der Waals surface area contributed by atoms with Gasteiger partial charge in [-0.05, 0) is 12.8 Å². The van der Waals surface area contributed by atoms with Gasteiger partial charge in [-0.1, -0.05) is 200 Å². The van der Waals surface area contributed by atoms with Crippen LogP contribution in [0, 0.1) is 0 Å². The van der Waals surface area contributed by atoms with Gasteiger partial charge in [0.25, 0.3) is 0 Å². The highest BCUT2D eigenvalue weighted by atomic mass is 16.7. The number of unbranched alkanes of at least 4 members (excludes halogenated alkanes) is 29. The van der Waals surface area contributed by atoms with E-state index in [1.807, 2.05) is 0 Å². The number of carbonyl (C=O) groups excluding carboxylic acids is 1. The summed E-state index contributed by atoms with van der Waals surface area (Å²) in [6.07, 6.45) is 23.1. The number of aliphatic hydroxyl groups excluding tert-OH is 7. The van der Waals surface area contributed by atoms with E-state index in [0.29, 0.717) is 13.0 Å². The molecule has 2 fully saturated rings. The lowest BCUT2D eigenvalue weighted by molar-refractivity contribution is -0.332. The molecule has 2 heterocycles. The highest BCUT2D eigenvalue weighted by Gasteiger charge is 2.47. The summed E-state index contributed by atoms with van der Waals surface area (Å²) in [6, 6.07) is 0. The molecule has 65 heavy (non-hydrogen) atoms. The van der Waals surface area contributed by atoms with Crippen LogP contribution in [-0.2, 0) is 33.2 Å². The number of rotatable bonds is 43. The van der Waals surface area contributed by atoms with E-state index in [9.17, 15) is 40.5 Å². The Balaban J connectivity index is 1.74. The maximum Gasteiger partial charge on any atom is 0.306 e. The van der Waals surface area contributed by atoms with Crippen molar-refractivity contribution in [3.8, 4) is 0 Å². The molecular formula is C51H98O14. The predicted molar refractivity (Wildman–Crippen MR) is 252 cm³/mol. The molecule has 0 aromatic carbocycles. The quantitative estimate of drug-likeness (QED) is 0.0228. The van der Waals surface area contributed by atoms with E-state index in [1.165, 1.54) is 154 Å². The summed E-state index contributed by atoms with van der Waals surface area (Å²) in [6.45, 7) is 3.74. The lowest BCUT2D eigenvalue weighted by Crippen LogP contribution is -2.61. The highest BCUT2D eigenvalue weighted by molar-refractivity contribution is 5.69. The number of carbonyl (C=O) groups is 1. The molecule has 2 aliphatic rings. The van der Waals surface area contributed by atoms with Gasteiger partial charge in [-0.15, -0.1) is 0 Å². The third-order valence-corrected chi connectivity index (χ3v) is 13.1. The summed E-state index contributed by atoms with van der Waals surface area (Å²) < 4.78 is 34.3. The van der Waals surface area contributed by atoms with Gasteiger partial charge in [-0.3, -0.25) is 4.79 Å². The number of aliphatic hydroxyl groups is 7. The summed E-state index contributed by atoms with van der Waals surface area (Å²) in [4.78, 5) is 13.0. The van der Waals surface area contributed by atoms with E-state index < -0.39 is 80.7 Å². The maximum absolute atomic E-state index is 13.0. The molecule has 0 bridgehead atoms.